The summed E-state index contributed by atoms with van der Waals surface area (Å²) < 4.78 is 0. The first-order valence-corrected chi connectivity index (χ1v) is 10.5. The van der Waals surface area contributed by atoms with Gasteiger partial charge in [0.2, 0.25) is 0 Å². The monoisotopic (exact) mass is 388 g/mol. The molecule has 3 aromatic rings. The molecule has 0 atom stereocenters. The predicted octanol–water partition coefficient (Wildman–Crippen LogP) is 3.68. The molecule has 0 saturated carbocycles. The van der Waals surface area contributed by atoms with Crippen LogP contribution in [0, 0.1) is 6.92 Å². The fraction of sp³-hybridized carbons (Fsp3) is 0.174. The third-order valence-electron chi connectivity index (χ3n) is 4.70. The van der Waals surface area contributed by atoms with Crippen LogP contribution in [-0.2, 0) is 0 Å². The molecule has 0 bridgehead atoms. The molecule has 0 amide bonds. The van der Waals surface area contributed by atoms with E-state index in [1.54, 1.807) is 17.8 Å². The number of aromatic hydroxyl groups is 1. The second-order valence-electron chi connectivity index (χ2n) is 6.91. The van der Waals surface area contributed by atoms with Crippen LogP contribution in [-0.4, -0.2) is 37.3 Å². The van der Waals surface area contributed by atoms with Crippen molar-refractivity contribution in [1.29, 1.82) is 0 Å². The molecule has 0 unspecified atom stereocenters. The molecule has 0 aliphatic carbocycles. The zero-order valence-electron chi connectivity index (χ0n) is 16.8. The van der Waals surface area contributed by atoms with Gasteiger partial charge in [0, 0.05) is 31.4 Å². The first kappa shape index (κ1) is 20.1. The summed E-state index contributed by atoms with van der Waals surface area (Å²) in [6.07, 6.45) is 2.00. The average molecular weight is 388 g/mol. The van der Waals surface area contributed by atoms with Crippen molar-refractivity contribution < 1.29 is 5.11 Å². The van der Waals surface area contributed by atoms with E-state index in [2.05, 4.69) is 30.3 Å². The maximum Gasteiger partial charge on any atom is 0.345 e. The highest BCUT2D eigenvalue weighted by atomic mass is 32.2. The Balaban J connectivity index is 2.13. The number of rotatable bonds is 5. The van der Waals surface area contributed by atoms with Crippen LogP contribution >= 0.6 is 11.8 Å². The van der Waals surface area contributed by atoms with E-state index in [0.717, 1.165) is 32.8 Å². The van der Waals surface area contributed by atoms with Crippen LogP contribution in [0.5, 0.6) is 5.75 Å². The minimum atomic E-state index is -0.128. The molecule has 0 aromatic heterocycles. The van der Waals surface area contributed by atoms with Gasteiger partial charge < -0.3 is 14.9 Å². The molecule has 0 fully saturated rings. The lowest BCUT2D eigenvalue weighted by molar-refractivity contribution is 0.474. The van der Waals surface area contributed by atoms with Crippen LogP contribution in [0.2, 0.25) is 0 Å². The Kier molecular flexibility index (Phi) is 6.47. The van der Waals surface area contributed by atoms with E-state index in [9.17, 15) is 5.11 Å². The van der Waals surface area contributed by atoms with E-state index < -0.39 is 0 Å². The summed E-state index contributed by atoms with van der Waals surface area (Å²) in [7, 11) is 3.94. The number of hydrogen-bond donors (Lipinski definition) is 1. The normalized spacial score (nSPS) is 11.4. The van der Waals surface area contributed by atoms with E-state index in [1.807, 2.05) is 68.6 Å². The molecule has 142 valence electrons. The van der Waals surface area contributed by atoms with Crippen LogP contribution in [0.25, 0.3) is 0 Å². The van der Waals surface area contributed by atoms with Crippen molar-refractivity contribution in [1.82, 2.24) is 0 Å². The Bertz CT molecular complexity index is 896. The van der Waals surface area contributed by atoms with Crippen molar-refractivity contribution in [3.05, 3.63) is 83.9 Å². The fourth-order valence-corrected chi connectivity index (χ4v) is 3.92. The largest absolute Gasteiger partial charge is 0.507 e. The molecule has 3 nitrogen and oxygen atoms in total. The van der Waals surface area contributed by atoms with Crippen LogP contribution in [0.15, 0.2) is 77.7 Å². The van der Waals surface area contributed by atoms with Crippen molar-refractivity contribution in [3.8, 4) is 5.75 Å². The lowest BCUT2D eigenvalue weighted by Crippen LogP contribution is -2.41. The molecule has 1 N–H and O–H groups in total. The second-order valence-corrected chi connectivity index (χ2v) is 7.71. The van der Waals surface area contributed by atoms with Gasteiger partial charge in [-0.1, -0.05) is 60.7 Å². The maximum absolute atomic E-state index is 10.8. The highest BCUT2D eigenvalue weighted by molar-refractivity contribution is 8.13. The third-order valence-corrected chi connectivity index (χ3v) is 5.40. The maximum atomic E-state index is 10.8. The van der Waals surface area contributed by atoms with Gasteiger partial charge in [-0.15, -0.1) is 11.8 Å². The first-order chi connectivity index (χ1) is 13.5. The van der Waals surface area contributed by atoms with Crippen molar-refractivity contribution in [3.63, 3.8) is 0 Å². The van der Waals surface area contributed by atoms with Crippen molar-refractivity contribution in [2.45, 2.75) is 6.92 Å². The summed E-state index contributed by atoms with van der Waals surface area (Å²) in [5.74, 6) is 0.261. The molecule has 0 aliphatic heterocycles. The van der Waals surface area contributed by atoms with Gasteiger partial charge in [0.15, 0.2) is 0 Å². The van der Waals surface area contributed by atoms with Crippen LogP contribution in [0.4, 0.5) is 5.69 Å². The van der Waals surface area contributed by atoms with Gasteiger partial charge in [0.25, 0.3) is 0 Å². The van der Waals surface area contributed by atoms with Gasteiger partial charge in [-0.2, -0.15) is 0 Å². The fourth-order valence-electron chi connectivity index (χ4n) is 3.24. The van der Waals surface area contributed by atoms with Gasteiger partial charge in [-0.3, -0.25) is 0 Å². The number of benzene rings is 3. The van der Waals surface area contributed by atoms with E-state index >= 15 is 0 Å². The first-order valence-electron chi connectivity index (χ1n) is 9.24. The van der Waals surface area contributed by atoms with Gasteiger partial charge in [-0.05, 0) is 35.7 Å². The summed E-state index contributed by atoms with van der Waals surface area (Å²) in [5, 5.41) is 11.6. The number of anilines is 1. The molecule has 5 heteroatoms. The highest BCUT2D eigenvalue weighted by Crippen LogP contribution is 2.30. The van der Waals surface area contributed by atoms with Crippen LogP contribution in [0.3, 0.4) is 0 Å². The number of nitrogens with zero attached hydrogens (tertiary/aromatic N) is 2. The molecule has 0 heterocycles. The zero-order valence-corrected chi connectivity index (χ0v) is 17.6. The number of hydrogen-bond acceptors (Lipinski definition) is 4. The van der Waals surface area contributed by atoms with E-state index in [-0.39, 0.29) is 12.6 Å². The minimum Gasteiger partial charge on any atom is -0.507 e. The summed E-state index contributed by atoms with van der Waals surface area (Å²) >= 11 is 1.56. The van der Waals surface area contributed by atoms with Crippen molar-refractivity contribution in [2.75, 3.05) is 25.3 Å². The Hall–Kier alpha value is -2.66. The molecule has 0 spiro atoms. The summed E-state index contributed by atoms with van der Waals surface area (Å²) in [5.41, 5.74) is 5.04. The van der Waals surface area contributed by atoms with Crippen LogP contribution in [0.1, 0.15) is 11.1 Å². The predicted molar refractivity (Wildman–Crippen MR) is 125 cm³/mol. The van der Waals surface area contributed by atoms with Crippen molar-refractivity contribution >= 4 is 40.3 Å². The molecule has 3 rings (SSSR count). The second kappa shape index (κ2) is 9.02. The lowest BCUT2D eigenvalue weighted by atomic mass is 9.51. The number of aryl methyl sites for hydroxylation is 1. The Morgan fingerprint density at radius 3 is 1.89 bits per heavy atom. The Labute approximate surface area is 172 Å². The molecule has 0 radical (unpaired) electrons. The zero-order chi connectivity index (χ0) is 20.1. The molecule has 28 heavy (non-hydrogen) atoms. The topological polar surface area (TPSA) is 35.8 Å². The summed E-state index contributed by atoms with van der Waals surface area (Å²) in [6, 6.07) is 24.4. The molecule has 3 aromatic carbocycles. The minimum absolute atomic E-state index is 0.128. The van der Waals surface area contributed by atoms with Crippen molar-refractivity contribution in [2.24, 2.45) is 4.90 Å². The van der Waals surface area contributed by atoms with Gasteiger partial charge in [0.05, 0.1) is 5.04 Å². The highest BCUT2D eigenvalue weighted by Gasteiger charge is 2.22. The summed E-state index contributed by atoms with van der Waals surface area (Å²) in [4.78, 5) is 7.10. The average Bonchev–Trinajstić information content (AvgIpc) is 2.71. The molecule has 0 saturated heterocycles. The third kappa shape index (κ3) is 4.42. The number of phenolic OH excluding ortho intramolecular Hbond substituents is 1. The van der Waals surface area contributed by atoms with E-state index in [0.29, 0.717) is 0 Å². The smallest absolute Gasteiger partial charge is 0.345 e. The standard InChI is InChI=1S/C23H25BN2OS/c1-17-15-20(26(2)3)16-21(27)22(17)23(28-4)25-24(18-11-7-5-8-12-18)19-13-9-6-10-14-19/h5-16,27H,1-4H3/b25-23-. The van der Waals surface area contributed by atoms with Gasteiger partial charge in [-0.25, -0.2) is 0 Å². The number of phenols is 1. The quantitative estimate of drug-likeness (QED) is 0.412. The lowest BCUT2D eigenvalue weighted by Gasteiger charge is -2.18. The van der Waals surface area contributed by atoms with Gasteiger partial charge >= 0.3 is 6.85 Å². The van der Waals surface area contributed by atoms with E-state index in [1.165, 1.54) is 0 Å². The Morgan fingerprint density at radius 1 is 0.929 bits per heavy atom. The SMILES string of the molecule is CS/C(=N\B(c1ccccc1)c1ccccc1)c1c(C)cc(N(C)C)cc1O. The van der Waals surface area contributed by atoms with Gasteiger partial charge in [0.1, 0.15) is 5.75 Å². The summed E-state index contributed by atoms with van der Waals surface area (Å²) in [6.45, 7) is 1.89. The molecule has 0 aliphatic rings. The molecular weight excluding hydrogens is 363 g/mol. The molecular formula is C23H25BN2OS. The van der Waals surface area contributed by atoms with E-state index in [4.69, 9.17) is 4.90 Å². The number of thioether (sulfide) groups is 1. The van der Waals surface area contributed by atoms with Crippen LogP contribution < -0.4 is 15.8 Å². The Morgan fingerprint density at radius 2 is 1.46 bits per heavy atom.